The molecule has 1 rings (SSSR count). The van der Waals surface area contributed by atoms with E-state index in [0.717, 1.165) is 32.4 Å². The van der Waals surface area contributed by atoms with Crippen molar-refractivity contribution in [2.24, 2.45) is 0 Å². The van der Waals surface area contributed by atoms with Crippen LogP contribution in [0.2, 0.25) is 0 Å². The largest absolute Gasteiger partial charge is 0.389 e. The Kier molecular flexibility index (Phi) is 6.13. The molecule has 1 aliphatic heterocycles. The predicted octanol–water partition coefficient (Wildman–Crippen LogP) is 2.88. The molecule has 0 aromatic heterocycles. The van der Waals surface area contributed by atoms with Gasteiger partial charge in [0.15, 0.2) is 0 Å². The van der Waals surface area contributed by atoms with Crippen molar-refractivity contribution < 1.29 is 17.9 Å². The predicted molar refractivity (Wildman–Crippen MR) is 56.4 cm³/mol. The number of rotatable bonds is 6. The van der Waals surface area contributed by atoms with Crippen LogP contribution in [-0.2, 0) is 4.74 Å². The summed E-state index contributed by atoms with van der Waals surface area (Å²) >= 11 is 0. The van der Waals surface area contributed by atoms with Gasteiger partial charge in [0.25, 0.3) is 0 Å². The molecule has 1 aliphatic rings. The standard InChI is InChI=1S/C11H20F3NO/c12-11(13,14)6-3-7-15-8-5-10-4-1-2-9-16-10/h10,15H,1-9H2. The molecule has 2 nitrogen and oxygen atoms in total. The maximum Gasteiger partial charge on any atom is 0.389 e. The van der Waals surface area contributed by atoms with Crippen LogP contribution in [0.1, 0.15) is 38.5 Å². The number of halogens is 3. The summed E-state index contributed by atoms with van der Waals surface area (Å²) in [7, 11) is 0. The zero-order valence-corrected chi connectivity index (χ0v) is 9.48. The number of hydrogen-bond acceptors (Lipinski definition) is 2. The molecule has 5 heteroatoms. The molecular weight excluding hydrogens is 219 g/mol. The lowest BCUT2D eigenvalue weighted by molar-refractivity contribution is -0.135. The van der Waals surface area contributed by atoms with Crippen LogP contribution in [-0.4, -0.2) is 32.0 Å². The highest BCUT2D eigenvalue weighted by molar-refractivity contribution is 4.65. The maximum absolute atomic E-state index is 11.8. The van der Waals surface area contributed by atoms with Crippen molar-refractivity contribution in [1.82, 2.24) is 5.32 Å². The lowest BCUT2D eigenvalue weighted by Gasteiger charge is -2.22. The van der Waals surface area contributed by atoms with E-state index in [-0.39, 0.29) is 6.42 Å². The second kappa shape index (κ2) is 7.12. The molecule has 1 saturated heterocycles. The molecule has 0 saturated carbocycles. The van der Waals surface area contributed by atoms with E-state index >= 15 is 0 Å². The first kappa shape index (κ1) is 13.8. The highest BCUT2D eigenvalue weighted by Crippen LogP contribution is 2.20. The van der Waals surface area contributed by atoms with Crippen molar-refractivity contribution in [3.05, 3.63) is 0 Å². The van der Waals surface area contributed by atoms with E-state index in [2.05, 4.69) is 5.32 Å². The third kappa shape index (κ3) is 7.06. The summed E-state index contributed by atoms with van der Waals surface area (Å²) in [5.41, 5.74) is 0. The molecule has 0 amide bonds. The Morgan fingerprint density at radius 3 is 2.62 bits per heavy atom. The van der Waals surface area contributed by atoms with Gasteiger partial charge < -0.3 is 10.1 Å². The van der Waals surface area contributed by atoms with Crippen LogP contribution in [0.15, 0.2) is 0 Å². The van der Waals surface area contributed by atoms with Gasteiger partial charge >= 0.3 is 6.18 Å². The lowest BCUT2D eigenvalue weighted by atomic mass is 10.1. The minimum Gasteiger partial charge on any atom is -0.378 e. The fraction of sp³-hybridized carbons (Fsp3) is 1.00. The average molecular weight is 239 g/mol. The molecule has 96 valence electrons. The Balaban J connectivity index is 1.87. The van der Waals surface area contributed by atoms with E-state index in [1.807, 2.05) is 0 Å². The quantitative estimate of drug-likeness (QED) is 0.720. The summed E-state index contributed by atoms with van der Waals surface area (Å²) in [6.45, 7) is 2.02. The van der Waals surface area contributed by atoms with Crippen LogP contribution in [0, 0.1) is 0 Å². The van der Waals surface area contributed by atoms with E-state index in [0.29, 0.717) is 12.6 Å². The van der Waals surface area contributed by atoms with Crippen molar-refractivity contribution >= 4 is 0 Å². The van der Waals surface area contributed by atoms with Gasteiger partial charge in [0, 0.05) is 13.0 Å². The van der Waals surface area contributed by atoms with Crippen molar-refractivity contribution in [3.8, 4) is 0 Å². The molecule has 1 N–H and O–H groups in total. The molecule has 0 aromatic rings. The number of hydrogen-bond donors (Lipinski definition) is 1. The first-order valence-electron chi connectivity index (χ1n) is 5.97. The minimum atomic E-state index is -4.02. The van der Waals surface area contributed by atoms with E-state index in [4.69, 9.17) is 4.74 Å². The van der Waals surface area contributed by atoms with E-state index < -0.39 is 12.6 Å². The maximum atomic E-state index is 11.8. The zero-order chi connectivity index (χ0) is 11.9. The van der Waals surface area contributed by atoms with Crippen molar-refractivity contribution in [2.45, 2.75) is 50.8 Å². The summed E-state index contributed by atoms with van der Waals surface area (Å²) in [6.07, 6.45) is 0.0945. The summed E-state index contributed by atoms with van der Waals surface area (Å²) in [5.74, 6) is 0. The third-order valence-corrected chi connectivity index (χ3v) is 2.73. The summed E-state index contributed by atoms with van der Waals surface area (Å²) in [6, 6.07) is 0. The highest BCUT2D eigenvalue weighted by atomic mass is 19.4. The van der Waals surface area contributed by atoms with E-state index in [1.54, 1.807) is 0 Å². The van der Waals surface area contributed by atoms with Crippen LogP contribution >= 0.6 is 0 Å². The van der Waals surface area contributed by atoms with Gasteiger partial charge in [0.1, 0.15) is 0 Å². The molecular formula is C11H20F3NO. The number of ether oxygens (including phenoxy) is 1. The summed E-state index contributed by atoms with van der Waals surface area (Å²) < 4.78 is 40.9. The first-order valence-corrected chi connectivity index (χ1v) is 5.97. The van der Waals surface area contributed by atoms with Gasteiger partial charge in [-0.15, -0.1) is 0 Å². The zero-order valence-electron chi connectivity index (χ0n) is 9.48. The van der Waals surface area contributed by atoms with Crippen molar-refractivity contribution in [1.29, 1.82) is 0 Å². The molecule has 0 bridgehead atoms. The van der Waals surface area contributed by atoms with Gasteiger partial charge in [-0.25, -0.2) is 0 Å². The second-order valence-corrected chi connectivity index (χ2v) is 4.25. The third-order valence-electron chi connectivity index (χ3n) is 2.73. The van der Waals surface area contributed by atoms with Gasteiger partial charge in [0.05, 0.1) is 6.10 Å². The van der Waals surface area contributed by atoms with Gasteiger partial charge in [0.2, 0.25) is 0 Å². The lowest BCUT2D eigenvalue weighted by Crippen LogP contribution is -2.26. The Bertz CT molecular complexity index is 179. The number of nitrogens with one attached hydrogen (secondary N) is 1. The average Bonchev–Trinajstić information content (AvgIpc) is 2.23. The molecule has 16 heavy (non-hydrogen) atoms. The highest BCUT2D eigenvalue weighted by Gasteiger charge is 2.25. The minimum absolute atomic E-state index is 0.162. The van der Waals surface area contributed by atoms with Gasteiger partial charge in [-0.05, 0) is 45.2 Å². The molecule has 0 aliphatic carbocycles. The summed E-state index contributed by atoms with van der Waals surface area (Å²) in [4.78, 5) is 0. The fourth-order valence-electron chi connectivity index (χ4n) is 1.84. The monoisotopic (exact) mass is 239 g/mol. The Labute approximate surface area is 94.5 Å². The smallest absolute Gasteiger partial charge is 0.378 e. The molecule has 0 aromatic carbocycles. The molecule has 0 radical (unpaired) electrons. The van der Waals surface area contributed by atoms with Crippen LogP contribution in [0.25, 0.3) is 0 Å². The van der Waals surface area contributed by atoms with E-state index in [1.165, 1.54) is 6.42 Å². The SMILES string of the molecule is FC(F)(F)CCCNCCC1CCCCO1. The van der Waals surface area contributed by atoms with Gasteiger partial charge in [-0.1, -0.05) is 0 Å². The Morgan fingerprint density at radius 2 is 2.00 bits per heavy atom. The molecule has 1 heterocycles. The van der Waals surface area contributed by atoms with Crippen molar-refractivity contribution in [2.75, 3.05) is 19.7 Å². The van der Waals surface area contributed by atoms with Crippen LogP contribution in [0.4, 0.5) is 13.2 Å². The number of alkyl halides is 3. The summed E-state index contributed by atoms with van der Waals surface area (Å²) in [5, 5.41) is 3.03. The second-order valence-electron chi connectivity index (χ2n) is 4.25. The molecule has 1 fully saturated rings. The van der Waals surface area contributed by atoms with Gasteiger partial charge in [-0.2, -0.15) is 13.2 Å². The van der Waals surface area contributed by atoms with Crippen LogP contribution < -0.4 is 5.32 Å². The van der Waals surface area contributed by atoms with E-state index in [9.17, 15) is 13.2 Å². The molecule has 1 atom stereocenters. The fourth-order valence-corrected chi connectivity index (χ4v) is 1.84. The molecule has 1 unspecified atom stereocenters. The molecule has 0 spiro atoms. The first-order chi connectivity index (χ1) is 7.58. The van der Waals surface area contributed by atoms with Crippen molar-refractivity contribution in [3.63, 3.8) is 0 Å². The Hall–Kier alpha value is -0.290. The topological polar surface area (TPSA) is 21.3 Å². The van der Waals surface area contributed by atoms with Gasteiger partial charge in [-0.3, -0.25) is 0 Å². The van der Waals surface area contributed by atoms with Crippen LogP contribution in [0.5, 0.6) is 0 Å². The Morgan fingerprint density at radius 1 is 1.19 bits per heavy atom. The normalized spacial score (nSPS) is 22.3. The van der Waals surface area contributed by atoms with Crippen LogP contribution in [0.3, 0.4) is 0 Å².